The zero-order chi connectivity index (χ0) is 11.8. The first-order valence-electron chi connectivity index (χ1n) is 5.71. The maximum atomic E-state index is 5.79. The van der Waals surface area contributed by atoms with E-state index in [0.717, 1.165) is 16.3 Å². The Morgan fingerprint density at radius 1 is 1.47 bits per heavy atom. The normalized spacial score (nSPS) is 19.9. The number of nitrogens with zero attached hydrogens (tertiary/aromatic N) is 2. The van der Waals surface area contributed by atoms with E-state index < -0.39 is 0 Å². The van der Waals surface area contributed by atoms with Crippen molar-refractivity contribution < 1.29 is 0 Å². The van der Waals surface area contributed by atoms with Crippen molar-refractivity contribution in [2.75, 3.05) is 29.2 Å². The van der Waals surface area contributed by atoms with Gasteiger partial charge in [-0.2, -0.15) is 11.8 Å². The zero-order valence-electron chi connectivity index (χ0n) is 9.72. The van der Waals surface area contributed by atoms with Crippen LogP contribution in [0.3, 0.4) is 0 Å². The number of rotatable bonds is 2. The summed E-state index contributed by atoms with van der Waals surface area (Å²) >= 11 is 3.76. The Hall–Kier alpha value is -0.940. The van der Waals surface area contributed by atoms with Gasteiger partial charge in [0.15, 0.2) is 5.13 Å². The van der Waals surface area contributed by atoms with Crippen LogP contribution >= 0.6 is 23.1 Å². The van der Waals surface area contributed by atoms with Gasteiger partial charge in [0, 0.05) is 24.5 Å². The molecule has 0 saturated carbocycles. The van der Waals surface area contributed by atoms with Gasteiger partial charge in [-0.05, 0) is 30.4 Å². The third-order valence-electron chi connectivity index (χ3n) is 3.16. The summed E-state index contributed by atoms with van der Waals surface area (Å²) in [5.41, 5.74) is 7.66. The number of thioether (sulfide) groups is 1. The number of benzene rings is 1. The molecule has 0 bridgehead atoms. The summed E-state index contributed by atoms with van der Waals surface area (Å²) in [7, 11) is 2.15. The highest BCUT2D eigenvalue weighted by molar-refractivity contribution is 7.99. The second-order valence-electron chi connectivity index (χ2n) is 4.35. The number of thiazole rings is 1. The number of fused-ring (bicyclic) bond motifs is 1. The third-order valence-corrected chi connectivity index (χ3v) is 5.41. The summed E-state index contributed by atoms with van der Waals surface area (Å²) in [5.74, 6) is 2.49. The molecule has 1 aromatic carbocycles. The monoisotopic (exact) mass is 265 g/mol. The SMILES string of the molecule is CN(c1nc2ccc(N)cc2s1)C1CCSC1. The Kier molecular flexibility index (Phi) is 2.88. The fourth-order valence-corrected chi connectivity index (χ4v) is 4.38. The van der Waals surface area contributed by atoms with Gasteiger partial charge in [-0.1, -0.05) is 11.3 Å². The molecular formula is C12H15N3S2. The van der Waals surface area contributed by atoms with Crippen LogP contribution in [0.5, 0.6) is 0 Å². The number of aromatic nitrogens is 1. The molecule has 90 valence electrons. The molecule has 0 radical (unpaired) electrons. The van der Waals surface area contributed by atoms with Gasteiger partial charge in [-0.15, -0.1) is 0 Å². The summed E-state index contributed by atoms with van der Waals surface area (Å²) < 4.78 is 1.18. The van der Waals surface area contributed by atoms with Crippen molar-refractivity contribution in [2.24, 2.45) is 0 Å². The van der Waals surface area contributed by atoms with Gasteiger partial charge in [0.2, 0.25) is 0 Å². The average Bonchev–Trinajstić information content (AvgIpc) is 2.96. The Balaban J connectivity index is 1.94. The number of hydrogen-bond acceptors (Lipinski definition) is 5. The highest BCUT2D eigenvalue weighted by Crippen LogP contribution is 2.33. The Morgan fingerprint density at radius 3 is 3.12 bits per heavy atom. The van der Waals surface area contributed by atoms with Gasteiger partial charge < -0.3 is 10.6 Å². The van der Waals surface area contributed by atoms with Crippen LogP contribution in [0.2, 0.25) is 0 Å². The Labute approximate surface area is 109 Å². The molecule has 1 saturated heterocycles. The summed E-state index contributed by atoms with van der Waals surface area (Å²) in [5, 5.41) is 1.11. The molecule has 1 atom stereocenters. The van der Waals surface area contributed by atoms with Gasteiger partial charge in [0.25, 0.3) is 0 Å². The van der Waals surface area contributed by atoms with E-state index in [4.69, 9.17) is 5.73 Å². The molecule has 1 fully saturated rings. The smallest absolute Gasteiger partial charge is 0.186 e. The minimum Gasteiger partial charge on any atom is -0.399 e. The maximum absolute atomic E-state index is 5.79. The zero-order valence-corrected chi connectivity index (χ0v) is 11.4. The Bertz CT molecular complexity index is 532. The minimum atomic E-state index is 0.637. The topological polar surface area (TPSA) is 42.2 Å². The first-order chi connectivity index (χ1) is 8.24. The molecule has 1 aliphatic rings. The van der Waals surface area contributed by atoms with Gasteiger partial charge in [0.05, 0.1) is 10.2 Å². The van der Waals surface area contributed by atoms with Crippen LogP contribution in [-0.2, 0) is 0 Å². The minimum absolute atomic E-state index is 0.637. The molecule has 0 spiro atoms. The summed E-state index contributed by atoms with van der Waals surface area (Å²) in [6.45, 7) is 0. The lowest BCUT2D eigenvalue weighted by Gasteiger charge is -2.22. The molecule has 3 nitrogen and oxygen atoms in total. The van der Waals surface area contributed by atoms with Crippen molar-refractivity contribution in [3.63, 3.8) is 0 Å². The summed E-state index contributed by atoms with van der Waals surface area (Å²) in [6, 6.07) is 6.56. The van der Waals surface area contributed by atoms with Crippen LogP contribution in [0.1, 0.15) is 6.42 Å². The lowest BCUT2D eigenvalue weighted by atomic mass is 10.2. The number of hydrogen-bond donors (Lipinski definition) is 1. The lowest BCUT2D eigenvalue weighted by molar-refractivity contribution is 0.698. The molecule has 1 unspecified atom stereocenters. The predicted octanol–water partition coefficient (Wildman–Crippen LogP) is 2.82. The van der Waals surface area contributed by atoms with E-state index in [-0.39, 0.29) is 0 Å². The molecule has 2 aromatic rings. The maximum Gasteiger partial charge on any atom is 0.186 e. The fourth-order valence-electron chi connectivity index (χ4n) is 2.06. The first-order valence-corrected chi connectivity index (χ1v) is 7.68. The summed E-state index contributed by atoms with van der Waals surface area (Å²) in [6.07, 6.45) is 1.26. The Morgan fingerprint density at radius 2 is 2.35 bits per heavy atom. The molecule has 0 amide bonds. The molecule has 5 heteroatoms. The van der Waals surface area contributed by atoms with Gasteiger partial charge in [-0.3, -0.25) is 0 Å². The summed E-state index contributed by atoms with van der Waals surface area (Å²) in [4.78, 5) is 7.00. The number of anilines is 2. The van der Waals surface area contributed by atoms with Crippen molar-refractivity contribution in [2.45, 2.75) is 12.5 Å². The lowest BCUT2D eigenvalue weighted by Crippen LogP contribution is -2.30. The molecular weight excluding hydrogens is 250 g/mol. The highest BCUT2D eigenvalue weighted by atomic mass is 32.2. The second-order valence-corrected chi connectivity index (χ2v) is 6.51. The molecule has 2 N–H and O–H groups in total. The van der Waals surface area contributed by atoms with Crippen LogP contribution in [-0.4, -0.2) is 29.6 Å². The molecule has 2 heterocycles. The standard InChI is InChI=1S/C12H15N3S2/c1-15(9-4-5-16-7-9)12-14-10-3-2-8(13)6-11(10)17-12/h2-3,6,9H,4-5,7,13H2,1H3. The molecule has 3 rings (SSSR count). The van der Waals surface area contributed by atoms with E-state index in [1.165, 1.54) is 22.6 Å². The van der Waals surface area contributed by atoms with E-state index in [9.17, 15) is 0 Å². The highest BCUT2D eigenvalue weighted by Gasteiger charge is 2.22. The molecule has 0 aliphatic carbocycles. The van der Waals surface area contributed by atoms with Crippen LogP contribution in [0.25, 0.3) is 10.2 Å². The fraction of sp³-hybridized carbons (Fsp3) is 0.417. The van der Waals surface area contributed by atoms with Crippen LogP contribution in [0.4, 0.5) is 10.8 Å². The van der Waals surface area contributed by atoms with Crippen LogP contribution in [0, 0.1) is 0 Å². The van der Waals surface area contributed by atoms with Crippen LogP contribution in [0.15, 0.2) is 18.2 Å². The van der Waals surface area contributed by atoms with Crippen molar-refractivity contribution in [1.82, 2.24) is 4.98 Å². The van der Waals surface area contributed by atoms with Crippen molar-refractivity contribution in [1.29, 1.82) is 0 Å². The molecule has 17 heavy (non-hydrogen) atoms. The van der Waals surface area contributed by atoms with Gasteiger partial charge in [-0.25, -0.2) is 4.98 Å². The van der Waals surface area contributed by atoms with Crippen molar-refractivity contribution in [3.05, 3.63) is 18.2 Å². The largest absolute Gasteiger partial charge is 0.399 e. The van der Waals surface area contributed by atoms with E-state index in [1.807, 2.05) is 30.0 Å². The predicted molar refractivity (Wildman–Crippen MR) is 78.2 cm³/mol. The van der Waals surface area contributed by atoms with Crippen LogP contribution < -0.4 is 10.6 Å². The van der Waals surface area contributed by atoms with E-state index in [1.54, 1.807) is 11.3 Å². The quantitative estimate of drug-likeness (QED) is 0.848. The average molecular weight is 265 g/mol. The van der Waals surface area contributed by atoms with Crippen molar-refractivity contribution in [3.8, 4) is 0 Å². The van der Waals surface area contributed by atoms with Gasteiger partial charge in [0.1, 0.15) is 0 Å². The number of nitrogen functional groups attached to an aromatic ring is 1. The van der Waals surface area contributed by atoms with E-state index in [0.29, 0.717) is 6.04 Å². The third kappa shape index (κ3) is 2.09. The number of nitrogens with two attached hydrogens (primary N) is 1. The van der Waals surface area contributed by atoms with Crippen molar-refractivity contribution >= 4 is 44.1 Å². The molecule has 1 aliphatic heterocycles. The van der Waals surface area contributed by atoms with Gasteiger partial charge >= 0.3 is 0 Å². The first kappa shape index (κ1) is 11.2. The van der Waals surface area contributed by atoms with E-state index in [2.05, 4.69) is 16.9 Å². The second kappa shape index (κ2) is 4.38. The van der Waals surface area contributed by atoms with E-state index >= 15 is 0 Å². The molecule has 1 aromatic heterocycles.